The van der Waals surface area contributed by atoms with E-state index in [9.17, 15) is 4.79 Å². The third-order valence-electron chi connectivity index (χ3n) is 4.19. The van der Waals surface area contributed by atoms with Crippen LogP contribution in [0.1, 0.15) is 40.1 Å². The van der Waals surface area contributed by atoms with Crippen LogP contribution in [0.4, 0.5) is 11.5 Å². The van der Waals surface area contributed by atoms with Gasteiger partial charge >= 0.3 is 0 Å². The Bertz CT molecular complexity index is 892. The molecule has 0 saturated heterocycles. The molecule has 1 amide bonds. The van der Waals surface area contributed by atoms with Crippen LogP contribution in [-0.4, -0.2) is 16.1 Å². The van der Waals surface area contributed by atoms with Crippen molar-refractivity contribution in [1.29, 1.82) is 0 Å². The largest absolute Gasteiger partial charge is 0.362 e. The third-order valence-corrected chi connectivity index (χ3v) is 4.19. The summed E-state index contributed by atoms with van der Waals surface area (Å²) in [5.74, 6) is 0.358. The van der Waals surface area contributed by atoms with Crippen molar-refractivity contribution in [3.63, 3.8) is 0 Å². The quantitative estimate of drug-likeness (QED) is 0.713. The fourth-order valence-corrected chi connectivity index (χ4v) is 2.72. The fourth-order valence-electron chi connectivity index (χ4n) is 2.72. The minimum atomic E-state index is -0.271. The molecule has 2 aromatic carbocycles. The highest BCUT2D eigenvalue weighted by atomic mass is 16.1. The van der Waals surface area contributed by atoms with Gasteiger partial charge in [0.2, 0.25) is 0 Å². The SMILES string of the molecule is Cc1ccc(NC(=O)c2ccc(NC(C)c3ccccc3)nn2)c(C)c1. The number of aryl methyl sites for hydroxylation is 2. The summed E-state index contributed by atoms with van der Waals surface area (Å²) in [6.45, 7) is 6.04. The highest BCUT2D eigenvalue weighted by Crippen LogP contribution is 2.18. The van der Waals surface area contributed by atoms with Crippen molar-refractivity contribution in [2.24, 2.45) is 0 Å². The average molecular weight is 346 g/mol. The second-order valence-corrected chi connectivity index (χ2v) is 6.35. The maximum absolute atomic E-state index is 12.4. The van der Waals surface area contributed by atoms with Crippen molar-refractivity contribution >= 4 is 17.4 Å². The zero-order valence-corrected chi connectivity index (χ0v) is 15.2. The molecule has 0 fully saturated rings. The number of nitrogens with one attached hydrogen (secondary N) is 2. The Balaban J connectivity index is 1.66. The predicted molar refractivity (Wildman–Crippen MR) is 104 cm³/mol. The first-order valence-corrected chi connectivity index (χ1v) is 8.57. The molecule has 0 radical (unpaired) electrons. The zero-order chi connectivity index (χ0) is 18.5. The lowest BCUT2D eigenvalue weighted by Crippen LogP contribution is -2.16. The second kappa shape index (κ2) is 7.78. The maximum Gasteiger partial charge on any atom is 0.276 e. The summed E-state index contributed by atoms with van der Waals surface area (Å²) in [4.78, 5) is 12.4. The Labute approximate surface area is 153 Å². The van der Waals surface area contributed by atoms with E-state index < -0.39 is 0 Å². The van der Waals surface area contributed by atoms with E-state index in [2.05, 4.69) is 39.9 Å². The molecule has 5 heteroatoms. The van der Waals surface area contributed by atoms with Crippen LogP contribution in [0, 0.1) is 13.8 Å². The first kappa shape index (κ1) is 17.6. The Morgan fingerprint density at radius 3 is 2.38 bits per heavy atom. The smallest absolute Gasteiger partial charge is 0.276 e. The summed E-state index contributed by atoms with van der Waals surface area (Å²) < 4.78 is 0. The van der Waals surface area contributed by atoms with E-state index in [1.807, 2.05) is 50.2 Å². The van der Waals surface area contributed by atoms with Gasteiger partial charge in [0.25, 0.3) is 5.91 Å². The highest BCUT2D eigenvalue weighted by molar-refractivity contribution is 6.03. The Morgan fingerprint density at radius 1 is 0.962 bits per heavy atom. The van der Waals surface area contributed by atoms with Crippen LogP contribution in [0.15, 0.2) is 60.7 Å². The normalized spacial score (nSPS) is 11.7. The van der Waals surface area contributed by atoms with Crippen LogP contribution in [0.5, 0.6) is 0 Å². The minimum absolute atomic E-state index is 0.0976. The van der Waals surface area contributed by atoms with Crippen molar-refractivity contribution in [1.82, 2.24) is 10.2 Å². The number of aromatic nitrogens is 2. The molecule has 0 spiro atoms. The van der Waals surface area contributed by atoms with Crippen LogP contribution < -0.4 is 10.6 Å². The molecule has 1 aromatic heterocycles. The zero-order valence-electron chi connectivity index (χ0n) is 15.2. The lowest BCUT2D eigenvalue weighted by atomic mass is 10.1. The van der Waals surface area contributed by atoms with Gasteiger partial charge in [0.1, 0.15) is 5.82 Å². The molecule has 0 aliphatic heterocycles. The van der Waals surface area contributed by atoms with Gasteiger partial charge in [-0.3, -0.25) is 4.79 Å². The van der Waals surface area contributed by atoms with Gasteiger partial charge in [-0.05, 0) is 50.1 Å². The lowest BCUT2D eigenvalue weighted by molar-refractivity contribution is 0.102. The van der Waals surface area contributed by atoms with Gasteiger partial charge in [-0.2, -0.15) is 0 Å². The van der Waals surface area contributed by atoms with E-state index in [4.69, 9.17) is 0 Å². The Hall–Kier alpha value is -3.21. The predicted octanol–water partition coefficient (Wildman–Crippen LogP) is 4.52. The maximum atomic E-state index is 12.4. The number of rotatable bonds is 5. The molecule has 3 rings (SSSR count). The molecule has 5 nitrogen and oxygen atoms in total. The molecule has 0 aliphatic rings. The van der Waals surface area contributed by atoms with Crippen molar-refractivity contribution in [3.8, 4) is 0 Å². The molecule has 26 heavy (non-hydrogen) atoms. The number of hydrogen-bond donors (Lipinski definition) is 2. The molecule has 0 saturated carbocycles. The van der Waals surface area contributed by atoms with E-state index in [-0.39, 0.29) is 17.6 Å². The van der Waals surface area contributed by atoms with Crippen molar-refractivity contribution < 1.29 is 4.79 Å². The van der Waals surface area contributed by atoms with Gasteiger partial charge in [-0.1, -0.05) is 48.0 Å². The minimum Gasteiger partial charge on any atom is -0.362 e. The summed E-state index contributed by atoms with van der Waals surface area (Å²) in [5, 5.41) is 14.3. The van der Waals surface area contributed by atoms with E-state index in [0.29, 0.717) is 5.82 Å². The topological polar surface area (TPSA) is 66.9 Å². The molecule has 1 unspecified atom stereocenters. The van der Waals surface area contributed by atoms with Gasteiger partial charge in [-0.25, -0.2) is 0 Å². The average Bonchev–Trinajstić information content (AvgIpc) is 2.65. The van der Waals surface area contributed by atoms with Gasteiger partial charge in [0, 0.05) is 11.7 Å². The number of benzene rings is 2. The van der Waals surface area contributed by atoms with Crippen LogP contribution in [0.3, 0.4) is 0 Å². The molecule has 1 atom stereocenters. The lowest BCUT2D eigenvalue weighted by Gasteiger charge is -2.14. The number of amides is 1. The Kier molecular flexibility index (Phi) is 5.27. The van der Waals surface area contributed by atoms with Gasteiger partial charge in [-0.15, -0.1) is 10.2 Å². The molecule has 3 aromatic rings. The van der Waals surface area contributed by atoms with Crippen LogP contribution >= 0.6 is 0 Å². The first-order chi connectivity index (χ1) is 12.5. The molecular formula is C21H22N4O. The summed E-state index contributed by atoms with van der Waals surface area (Å²) >= 11 is 0. The number of nitrogens with zero attached hydrogens (tertiary/aromatic N) is 2. The standard InChI is InChI=1S/C21H22N4O/c1-14-9-10-18(15(2)13-14)23-21(26)19-11-12-20(25-24-19)22-16(3)17-7-5-4-6-8-17/h4-13,16H,1-3H3,(H,22,25)(H,23,26). The van der Waals surface area contributed by atoms with Crippen molar-refractivity contribution in [3.05, 3.63) is 83.0 Å². The first-order valence-electron chi connectivity index (χ1n) is 8.57. The highest BCUT2D eigenvalue weighted by Gasteiger charge is 2.11. The van der Waals surface area contributed by atoms with Crippen molar-refractivity contribution in [2.75, 3.05) is 10.6 Å². The third kappa shape index (κ3) is 4.25. The molecular weight excluding hydrogens is 324 g/mol. The van der Waals surface area contributed by atoms with Gasteiger partial charge in [0.05, 0.1) is 0 Å². The summed E-state index contributed by atoms with van der Waals surface area (Å²) in [7, 11) is 0. The number of hydrogen-bond acceptors (Lipinski definition) is 4. The van der Waals surface area contributed by atoms with Crippen LogP contribution in [0.25, 0.3) is 0 Å². The Morgan fingerprint density at radius 2 is 1.73 bits per heavy atom. The molecule has 1 heterocycles. The number of carbonyl (C=O) groups excluding carboxylic acids is 1. The fraction of sp³-hybridized carbons (Fsp3) is 0.190. The van der Waals surface area contributed by atoms with E-state index in [0.717, 1.165) is 22.4 Å². The van der Waals surface area contributed by atoms with Crippen LogP contribution in [-0.2, 0) is 0 Å². The number of anilines is 2. The summed E-state index contributed by atoms with van der Waals surface area (Å²) in [6, 6.07) is 19.5. The van der Waals surface area contributed by atoms with Gasteiger partial charge < -0.3 is 10.6 Å². The monoisotopic (exact) mass is 346 g/mol. The number of carbonyl (C=O) groups is 1. The summed E-state index contributed by atoms with van der Waals surface area (Å²) in [5.41, 5.74) is 4.39. The molecule has 132 valence electrons. The second-order valence-electron chi connectivity index (χ2n) is 6.35. The van der Waals surface area contributed by atoms with E-state index in [1.54, 1.807) is 12.1 Å². The molecule has 0 bridgehead atoms. The summed E-state index contributed by atoms with van der Waals surface area (Å²) in [6.07, 6.45) is 0. The van der Waals surface area contributed by atoms with E-state index >= 15 is 0 Å². The van der Waals surface area contributed by atoms with Gasteiger partial charge in [0.15, 0.2) is 5.69 Å². The van der Waals surface area contributed by atoms with Crippen LogP contribution in [0.2, 0.25) is 0 Å². The molecule has 2 N–H and O–H groups in total. The van der Waals surface area contributed by atoms with E-state index in [1.165, 1.54) is 0 Å². The van der Waals surface area contributed by atoms with Crippen molar-refractivity contribution in [2.45, 2.75) is 26.8 Å². The molecule has 0 aliphatic carbocycles.